The Hall–Kier alpha value is -2.82. The number of rotatable bonds is 6. The number of carbonyl (C=O) groups is 1. The van der Waals surface area contributed by atoms with Crippen molar-refractivity contribution in [3.05, 3.63) is 53.1 Å². The molecule has 0 heterocycles. The SMILES string of the molecule is Cc1cccc(NC(=O)COc2cccc(N[C]=O)c2C)c1C. The van der Waals surface area contributed by atoms with E-state index in [1.165, 1.54) is 0 Å². The van der Waals surface area contributed by atoms with E-state index in [9.17, 15) is 9.59 Å². The molecule has 119 valence electrons. The summed E-state index contributed by atoms with van der Waals surface area (Å²) in [6.07, 6.45) is 1.63. The van der Waals surface area contributed by atoms with Gasteiger partial charge in [-0.15, -0.1) is 0 Å². The average Bonchev–Trinajstić information content (AvgIpc) is 2.53. The maximum Gasteiger partial charge on any atom is 0.314 e. The van der Waals surface area contributed by atoms with Gasteiger partial charge in [-0.3, -0.25) is 9.59 Å². The molecule has 0 atom stereocenters. The summed E-state index contributed by atoms with van der Waals surface area (Å²) in [4.78, 5) is 22.5. The van der Waals surface area contributed by atoms with E-state index in [1.807, 2.05) is 32.0 Å². The van der Waals surface area contributed by atoms with E-state index < -0.39 is 0 Å². The van der Waals surface area contributed by atoms with Crippen molar-refractivity contribution in [2.45, 2.75) is 20.8 Å². The summed E-state index contributed by atoms with van der Waals surface area (Å²) in [6.45, 7) is 5.65. The molecule has 5 heteroatoms. The van der Waals surface area contributed by atoms with E-state index in [0.29, 0.717) is 11.4 Å². The van der Waals surface area contributed by atoms with Gasteiger partial charge in [-0.2, -0.15) is 0 Å². The molecule has 0 unspecified atom stereocenters. The van der Waals surface area contributed by atoms with Crippen molar-refractivity contribution >= 4 is 23.7 Å². The van der Waals surface area contributed by atoms with Crippen LogP contribution in [0.5, 0.6) is 5.75 Å². The zero-order valence-corrected chi connectivity index (χ0v) is 13.4. The minimum Gasteiger partial charge on any atom is -0.483 e. The van der Waals surface area contributed by atoms with E-state index in [2.05, 4.69) is 10.6 Å². The molecule has 0 fully saturated rings. The Kier molecular flexibility index (Phi) is 5.36. The third kappa shape index (κ3) is 4.10. The molecule has 0 saturated carbocycles. The van der Waals surface area contributed by atoms with Crippen LogP contribution in [0.2, 0.25) is 0 Å². The van der Waals surface area contributed by atoms with Crippen molar-refractivity contribution < 1.29 is 14.3 Å². The van der Waals surface area contributed by atoms with Crippen LogP contribution in [-0.2, 0) is 9.59 Å². The van der Waals surface area contributed by atoms with Crippen LogP contribution in [0.15, 0.2) is 36.4 Å². The molecule has 0 aliphatic carbocycles. The van der Waals surface area contributed by atoms with Gasteiger partial charge in [-0.05, 0) is 50.1 Å². The van der Waals surface area contributed by atoms with Crippen LogP contribution in [-0.4, -0.2) is 18.9 Å². The van der Waals surface area contributed by atoms with Gasteiger partial charge in [0, 0.05) is 16.9 Å². The van der Waals surface area contributed by atoms with Gasteiger partial charge in [-0.25, -0.2) is 0 Å². The number of aryl methyl sites for hydroxylation is 1. The largest absolute Gasteiger partial charge is 0.483 e. The van der Waals surface area contributed by atoms with Gasteiger partial charge in [0.25, 0.3) is 5.91 Å². The van der Waals surface area contributed by atoms with E-state index in [-0.39, 0.29) is 12.5 Å². The van der Waals surface area contributed by atoms with Crippen molar-refractivity contribution in [1.82, 2.24) is 0 Å². The zero-order chi connectivity index (χ0) is 16.8. The first-order chi connectivity index (χ1) is 11.0. The van der Waals surface area contributed by atoms with E-state index in [0.717, 1.165) is 22.4 Å². The maximum absolute atomic E-state index is 12.1. The number of hydrogen-bond acceptors (Lipinski definition) is 3. The van der Waals surface area contributed by atoms with Crippen LogP contribution in [0, 0.1) is 20.8 Å². The number of hydrogen-bond donors (Lipinski definition) is 2. The van der Waals surface area contributed by atoms with Gasteiger partial charge in [0.05, 0.1) is 0 Å². The Morgan fingerprint density at radius 2 is 1.74 bits per heavy atom. The highest BCUT2D eigenvalue weighted by atomic mass is 16.5. The fourth-order valence-electron chi connectivity index (χ4n) is 2.18. The third-order valence-electron chi connectivity index (χ3n) is 3.71. The summed E-state index contributed by atoms with van der Waals surface area (Å²) in [5, 5.41) is 5.31. The highest BCUT2D eigenvalue weighted by Crippen LogP contribution is 2.25. The molecule has 0 saturated heterocycles. The van der Waals surface area contributed by atoms with Gasteiger partial charge in [0.15, 0.2) is 6.61 Å². The number of ether oxygens (including phenoxy) is 1. The second kappa shape index (κ2) is 7.45. The molecule has 2 rings (SSSR count). The van der Waals surface area contributed by atoms with Crippen molar-refractivity contribution in [2.75, 3.05) is 17.2 Å². The number of amides is 2. The number of anilines is 2. The molecule has 2 aromatic carbocycles. The molecule has 2 amide bonds. The molecule has 0 aromatic heterocycles. The van der Waals surface area contributed by atoms with Gasteiger partial charge < -0.3 is 15.4 Å². The highest BCUT2D eigenvalue weighted by molar-refractivity contribution is 5.92. The first-order valence-corrected chi connectivity index (χ1v) is 7.24. The molecular weight excluding hydrogens is 292 g/mol. The molecular formula is C18H19N2O3. The molecule has 2 aromatic rings. The molecule has 1 radical (unpaired) electrons. The predicted octanol–water partition coefficient (Wildman–Crippen LogP) is 3.11. The Labute approximate surface area is 135 Å². The lowest BCUT2D eigenvalue weighted by Gasteiger charge is -2.13. The second-order valence-corrected chi connectivity index (χ2v) is 5.24. The highest BCUT2D eigenvalue weighted by Gasteiger charge is 2.09. The van der Waals surface area contributed by atoms with Crippen molar-refractivity contribution in [1.29, 1.82) is 0 Å². The lowest BCUT2D eigenvalue weighted by molar-refractivity contribution is -0.118. The summed E-state index contributed by atoms with van der Waals surface area (Å²) >= 11 is 0. The summed E-state index contributed by atoms with van der Waals surface area (Å²) in [7, 11) is 0. The second-order valence-electron chi connectivity index (χ2n) is 5.24. The smallest absolute Gasteiger partial charge is 0.314 e. The summed E-state index contributed by atoms with van der Waals surface area (Å²) < 4.78 is 5.55. The molecule has 5 nitrogen and oxygen atoms in total. The molecule has 23 heavy (non-hydrogen) atoms. The van der Waals surface area contributed by atoms with Gasteiger partial charge in [0.1, 0.15) is 5.75 Å². The van der Waals surface area contributed by atoms with Crippen LogP contribution < -0.4 is 15.4 Å². The van der Waals surface area contributed by atoms with E-state index in [4.69, 9.17) is 4.74 Å². The fourth-order valence-corrected chi connectivity index (χ4v) is 2.18. The predicted molar refractivity (Wildman–Crippen MR) is 90.5 cm³/mol. The lowest BCUT2D eigenvalue weighted by Crippen LogP contribution is -2.21. The van der Waals surface area contributed by atoms with Crippen LogP contribution in [0.1, 0.15) is 16.7 Å². The monoisotopic (exact) mass is 311 g/mol. The summed E-state index contributed by atoms with van der Waals surface area (Å²) in [5.74, 6) is 0.305. The topological polar surface area (TPSA) is 67.4 Å². The zero-order valence-electron chi connectivity index (χ0n) is 13.4. The Morgan fingerprint density at radius 1 is 1.04 bits per heavy atom. The molecule has 0 aliphatic rings. The number of benzene rings is 2. The number of nitrogens with one attached hydrogen (secondary N) is 2. The first kappa shape index (κ1) is 16.5. The average molecular weight is 311 g/mol. The maximum atomic E-state index is 12.1. The summed E-state index contributed by atoms with van der Waals surface area (Å²) in [6, 6.07) is 11.0. The van der Waals surface area contributed by atoms with Crippen LogP contribution in [0.4, 0.5) is 11.4 Å². The normalized spacial score (nSPS) is 10.0. The van der Waals surface area contributed by atoms with Crippen molar-refractivity contribution in [2.24, 2.45) is 0 Å². The number of carbonyl (C=O) groups excluding carboxylic acids is 2. The Bertz CT molecular complexity index is 726. The van der Waals surface area contributed by atoms with Gasteiger partial charge >= 0.3 is 6.41 Å². The molecule has 0 aliphatic heterocycles. The van der Waals surface area contributed by atoms with Crippen molar-refractivity contribution in [3.8, 4) is 5.75 Å². The summed E-state index contributed by atoms with van der Waals surface area (Å²) in [5.41, 5.74) is 4.28. The van der Waals surface area contributed by atoms with Crippen LogP contribution >= 0.6 is 0 Å². The fraction of sp³-hybridized carbons (Fsp3) is 0.222. The lowest BCUT2D eigenvalue weighted by atomic mass is 10.1. The molecule has 2 N–H and O–H groups in total. The minimum absolute atomic E-state index is 0.109. The van der Waals surface area contributed by atoms with E-state index in [1.54, 1.807) is 31.5 Å². The third-order valence-corrected chi connectivity index (χ3v) is 3.71. The molecule has 0 spiro atoms. The first-order valence-electron chi connectivity index (χ1n) is 7.24. The standard InChI is InChI=1S/C18H19N2O3/c1-12-6-4-8-16(13(12)2)20-18(22)10-23-17-9-5-7-15(14(17)3)19-11-21/h4-9H,10H2,1-3H3,(H,19,21)(H,20,22). The van der Waals surface area contributed by atoms with Gasteiger partial charge in [-0.1, -0.05) is 18.2 Å². The Balaban J connectivity index is 2.01. The minimum atomic E-state index is -0.238. The molecule has 0 bridgehead atoms. The van der Waals surface area contributed by atoms with Crippen molar-refractivity contribution in [3.63, 3.8) is 0 Å². The Morgan fingerprint density at radius 3 is 2.48 bits per heavy atom. The quantitative estimate of drug-likeness (QED) is 0.806. The van der Waals surface area contributed by atoms with Gasteiger partial charge in [0.2, 0.25) is 0 Å². The van der Waals surface area contributed by atoms with Crippen LogP contribution in [0.3, 0.4) is 0 Å². The van der Waals surface area contributed by atoms with E-state index >= 15 is 0 Å². The van der Waals surface area contributed by atoms with Crippen LogP contribution in [0.25, 0.3) is 0 Å².